The van der Waals surface area contributed by atoms with Crippen molar-refractivity contribution in [3.63, 3.8) is 0 Å². The number of ketones is 1. The minimum absolute atomic E-state index is 0.0414. The first kappa shape index (κ1) is 13.9. The number of aryl methyl sites for hydroxylation is 2. The zero-order valence-electron chi connectivity index (χ0n) is 10.7. The van der Waals surface area contributed by atoms with Gasteiger partial charge >= 0.3 is 0 Å². The van der Waals surface area contributed by atoms with Gasteiger partial charge in [-0.15, -0.1) is 0 Å². The number of nitrogens with one attached hydrogen (secondary N) is 1. The van der Waals surface area contributed by atoms with Crippen LogP contribution in [0, 0.1) is 6.92 Å². The monoisotopic (exact) mass is 287 g/mol. The molecule has 2 heterocycles. The Hall–Kier alpha value is -0.520. The summed E-state index contributed by atoms with van der Waals surface area (Å²) in [5.74, 6) is 2.14. The molecular formula is C12H18ClN3OS. The van der Waals surface area contributed by atoms with E-state index in [1.165, 1.54) is 0 Å². The summed E-state index contributed by atoms with van der Waals surface area (Å²) in [5.41, 5.74) is 1.64. The van der Waals surface area contributed by atoms with Crippen LogP contribution in [0.2, 0.25) is 5.02 Å². The van der Waals surface area contributed by atoms with E-state index >= 15 is 0 Å². The lowest BCUT2D eigenvalue weighted by Crippen LogP contribution is -2.44. The Bertz CT molecular complexity index is 441. The molecule has 1 fully saturated rings. The summed E-state index contributed by atoms with van der Waals surface area (Å²) in [6.45, 7) is 5.52. The first-order valence-corrected chi connectivity index (χ1v) is 7.72. The van der Waals surface area contributed by atoms with Crippen molar-refractivity contribution in [2.75, 3.05) is 18.1 Å². The van der Waals surface area contributed by atoms with Gasteiger partial charge in [-0.1, -0.05) is 11.6 Å². The minimum Gasteiger partial charge on any atom is -0.306 e. The van der Waals surface area contributed by atoms with Crippen molar-refractivity contribution in [3.8, 4) is 0 Å². The molecule has 0 radical (unpaired) electrons. The van der Waals surface area contributed by atoms with E-state index in [4.69, 9.17) is 11.6 Å². The molecule has 2 rings (SSSR count). The molecule has 1 atom stereocenters. The molecule has 6 heteroatoms. The highest BCUT2D eigenvalue weighted by molar-refractivity contribution is 7.99. The van der Waals surface area contributed by atoms with Gasteiger partial charge in [0.15, 0.2) is 5.78 Å². The molecule has 1 aromatic heterocycles. The minimum atomic E-state index is -0.0414. The third kappa shape index (κ3) is 2.90. The predicted octanol–water partition coefficient (Wildman–Crippen LogP) is 1.68. The molecule has 1 aromatic rings. The lowest BCUT2D eigenvalue weighted by atomic mass is 10.1. The number of thioether (sulfide) groups is 1. The number of halogens is 1. The SMILES string of the molecule is CCn1nc(C)c(Cl)c1CC(=O)C1CSCCN1. The van der Waals surface area contributed by atoms with E-state index in [0.29, 0.717) is 11.4 Å². The van der Waals surface area contributed by atoms with E-state index in [-0.39, 0.29) is 11.8 Å². The van der Waals surface area contributed by atoms with Crippen molar-refractivity contribution in [2.24, 2.45) is 0 Å². The molecule has 0 bridgehead atoms. The van der Waals surface area contributed by atoms with Crippen molar-refractivity contribution < 1.29 is 4.79 Å². The van der Waals surface area contributed by atoms with Crippen LogP contribution in [0.4, 0.5) is 0 Å². The second-order valence-corrected chi connectivity index (χ2v) is 5.91. The number of hydrogen-bond donors (Lipinski definition) is 1. The van der Waals surface area contributed by atoms with E-state index in [2.05, 4.69) is 10.4 Å². The number of carbonyl (C=O) groups excluding carboxylic acids is 1. The molecule has 0 amide bonds. The van der Waals surface area contributed by atoms with Crippen molar-refractivity contribution in [2.45, 2.75) is 32.9 Å². The Morgan fingerprint density at radius 3 is 3.06 bits per heavy atom. The van der Waals surface area contributed by atoms with Crippen molar-refractivity contribution in [1.82, 2.24) is 15.1 Å². The topological polar surface area (TPSA) is 46.9 Å². The quantitative estimate of drug-likeness (QED) is 0.915. The van der Waals surface area contributed by atoms with Crippen LogP contribution in [0.25, 0.3) is 0 Å². The number of Topliss-reactive ketones (excluding diaryl/α,β-unsaturated/α-hetero) is 1. The van der Waals surface area contributed by atoms with Crippen molar-refractivity contribution in [1.29, 1.82) is 0 Å². The summed E-state index contributed by atoms with van der Waals surface area (Å²) < 4.78 is 1.82. The van der Waals surface area contributed by atoms with Gasteiger partial charge < -0.3 is 5.32 Å². The first-order chi connectivity index (χ1) is 8.63. The molecule has 0 saturated carbocycles. The normalized spacial score (nSPS) is 20.1. The van der Waals surface area contributed by atoms with E-state index < -0.39 is 0 Å². The van der Waals surface area contributed by atoms with Gasteiger partial charge in [-0.25, -0.2) is 0 Å². The summed E-state index contributed by atoms with van der Waals surface area (Å²) in [5, 5.41) is 8.23. The summed E-state index contributed by atoms with van der Waals surface area (Å²) in [6, 6.07) is -0.0414. The average Bonchev–Trinajstić information content (AvgIpc) is 2.67. The lowest BCUT2D eigenvalue weighted by Gasteiger charge is -2.22. The molecule has 4 nitrogen and oxygen atoms in total. The fourth-order valence-electron chi connectivity index (χ4n) is 2.10. The fourth-order valence-corrected chi connectivity index (χ4v) is 3.27. The molecule has 1 aliphatic heterocycles. The first-order valence-electron chi connectivity index (χ1n) is 6.19. The van der Waals surface area contributed by atoms with Crippen LogP contribution in [0.15, 0.2) is 0 Å². The second-order valence-electron chi connectivity index (χ2n) is 4.39. The van der Waals surface area contributed by atoms with Gasteiger partial charge in [-0.3, -0.25) is 9.48 Å². The van der Waals surface area contributed by atoms with E-state index in [0.717, 1.165) is 36.0 Å². The molecule has 0 spiro atoms. The highest BCUT2D eigenvalue weighted by atomic mass is 35.5. The zero-order valence-corrected chi connectivity index (χ0v) is 12.3. The maximum atomic E-state index is 12.2. The summed E-state index contributed by atoms with van der Waals surface area (Å²) in [7, 11) is 0. The Morgan fingerprint density at radius 2 is 2.44 bits per heavy atom. The van der Waals surface area contributed by atoms with Crippen LogP contribution in [-0.2, 0) is 17.8 Å². The Kier molecular flexibility index (Phi) is 4.70. The molecule has 1 N–H and O–H groups in total. The molecule has 0 aliphatic carbocycles. The van der Waals surface area contributed by atoms with Crippen LogP contribution < -0.4 is 5.32 Å². The third-order valence-corrected chi connectivity index (χ3v) is 4.66. The number of hydrogen-bond acceptors (Lipinski definition) is 4. The Morgan fingerprint density at radius 1 is 1.67 bits per heavy atom. The van der Waals surface area contributed by atoms with Gasteiger partial charge in [0, 0.05) is 24.6 Å². The number of aromatic nitrogens is 2. The smallest absolute Gasteiger partial charge is 0.156 e. The van der Waals surface area contributed by atoms with Gasteiger partial charge in [0.2, 0.25) is 0 Å². The third-order valence-electron chi connectivity index (χ3n) is 3.10. The summed E-state index contributed by atoms with van der Waals surface area (Å²) in [4.78, 5) is 12.2. The average molecular weight is 288 g/mol. The van der Waals surface area contributed by atoms with Gasteiger partial charge in [-0.2, -0.15) is 16.9 Å². The molecule has 1 saturated heterocycles. The number of rotatable bonds is 4. The fraction of sp³-hybridized carbons (Fsp3) is 0.667. The van der Waals surface area contributed by atoms with Gasteiger partial charge in [0.25, 0.3) is 0 Å². The highest BCUT2D eigenvalue weighted by Crippen LogP contribution is 2.22. The summed E-state index contributed by atoms with van der Waals surface area (Å²) >= 11 is 8.04. The Balaban J connectivity index is 2.10. The largest absolute Gasteiger partial charge is 0.306 e. The number of carbonyl (C=O) groups is 1. The van der Waals surface area contributed by atoms with Crippen LogP contribution in [0.3, 0.4) is 0 Å². The molecule has 0 aromatic carbocycles. The summed E-state index contributed by atoms with van der Waals surface area (Å²) in [6.07, 6.45) is 0.367. The molecular weight excluding hydrogens is 270 g/mol. The zero-order chi connectivity index (χ0) is 13.1. The van der Waals surface area contributed by atoms with Crippen molar-refractivity contribution >= 4 is 29.1 Å². The van der Waals surface area contributed by atoms with E-state index in [1.807, 2.05) is 30.3 Å². The highest BCUT2D eigenvalue weighted by Gasteiger charge is 2.24. The van der Waals surface area contributed by atoms with Gasteiger partial charge in [0.1, 0.15) is 0 Å². The maximum Gasteiger partial charge on any atom is 0.156 e. The van der Waals surface area contributed by atoms with Crippen molar-refractivity contribution in [3.05, 3.63) is 16.4 Å². The molecule has 1 unspecified atom stereocenters. The van der Waals surface area contributed by atoms with Crippen LogP contribution in [-0.4, -0.2) is 39.7 Å². The predicted molar refractivity (Wildman–Crippen MR) is 75.5 cm³/mol. The lowest BCUT2D eigenvalue weighted by molar-refractivity contribution is -0.120. The second kappa shape index (κ2) is 6.08. The van der Waals surface area contributed by atoms with Crippen LogP contribution in [0.1, 0.15) is 18.3 Å². The van der Waals surface area contributed by atoms with E-state index in [1.54, 1.807) is 0 Å². The molecule has 100 valence electrons. The van der Waals surface area contributed by atoms with Gasteiger partial charge in [0.05, 0.1) is 28.9 Å². The van der Waals surface area contributed by atoms with Crippen LogP contribution in [0.5, 0.6) is 0 Å². The standard InChI is InChI=1S/C12H18ClN3OS/c1-3-16-10(12(13)8(2)15-16)6-11(17)9-7-18-5-4-14-9/h9,14H,3-7H2,1-2H3. The van der Waals surface area contributed by atoms with Crippen LogP contribution >= 0.6 is 23.4 Å². The Labute approximate surface area is 116 Å². The number of nitrogens with zero attached hydrogens (tertiary/aromatic N) is 2. The molecule has 1 aliphatic rings. The molecule has 18 heavy (non-hydrogen) atoms. The maximum absolute atomic E-state index is 12.2. The van der Waals surface area contributed by atoms with Gasteiger partial charge in [-0.05, 0) is 13.8 Å². The van der Waals surface area contributed by atoms with E-state index in [9.17, 15) is 4.79 Å².